The van der Waals surface area contributed by atoms with Crippen molar-refractivity contribution < 1.29 is 9.59 Å². The van der Waals surface area contributed by atoms with Crippen LogP contribution in [0.3, 0.4) is 0 Å². The highest BCUT2D eigenvalue weighted by atomic mass is 32.2. The lowest BCUT2D eigenvalue weighted by Crippen LogP contribution is -2.32. The first-order chi connectivity index (χ1) is 8.56. The predicted molar refractivity (Wildman–Crippen MR) is 72.9 cm³/mol. The van der Waals surface area contributed by atoms with Gasteiger partial charge < -0.3 is 5.32 Å². The Morgan fingerprint density at radius 1 is 1.28 bits per heavy atom. The van der Waals surface area contributed by atoms with Crippen LogP contribution in [0.25, 0.3) is 0 Å². The zero-order chi connectivity index (χ0) is 13.1. The van der Waals surface area contributed by atoms with Crippen LogP contribution in [0.4, 0.5) is 0 Å². The third kappa shape index (κ3) is 3.60. The molecule has 96 valence electrons. The van der Waals surface area contributed by atoms with Gasteiger partial charge in [0.05, 0.1) is 5.25 Å². The summed E-state index contributed by atoms with van der Waals surface area (Å²) in [5, 5.41) is 2.89. The molecule has 2 rings (SSSR count). The summed E-state index contributed by atoms with van der Waals surface area (Å²) in [4.78, 5) is 23.9. The Morgan fingerprint density at radius 3 is 2.39 bits per heavy atom. The van der Waals surface area contributed by atoms with Gasteiger partial charge in [-0.2, -0.15) is 0 Å². The van der Waals surface area contributed by atoms with Crippen LogP contribution in [-0.4, -0.2) is 23.0 Å². The lowest BCUT2D eigenvalue weighted by molar-refractivity contribution is -0.120. The number of hydrogen-bond donors (Lipinski definition) is 1. The van der Waals surface area contributed by atoms with Crippen molar-refractivity contribution in [3.63, 3.8) is 0 Å². The van der Waals surface area contributed by atoms with E-state index < -0.39 is 0 Å². The molecule has 1 unspecified atom stereocenters. The predicted octanol–water partition coefficient (Wildman–Crippen LogP) is 2.65. The van der Waals surface area contributed by atoms with Gasteiger partial charge in [-0.1, -0.05) is 12.1 Å². The standard InChI is InChI=1S/C14H17NO2S/c1-9(16)11-3-7-13(8-4-11)18-10(2)14(17)15-12-5-6-12/h3-4,7-8,10,12H,5-6H2,1-2H3,(H,15,17). The molecule has 0 spiro atoms. The summed E-state index contributed by atoms with van der Waals surface area (Å²) in [7, 11) is 0. The molecule has 1 aromatic carbocycles. The number of Topliss-reactive ketones (excluding diaryl/α,β-unsaturated/α-hetero) is 1. The van der Waals surface area contributed by atoms with Crippen LogP contribution in [0, 0.1) is 0 Å². The SMILES string of the molecule is CC(=O)c1ccc(SC(C)C(=O)NC2CC2)cc1. The van der Waals surface area contributed by atoms with Crippen LogP contribution >= 0.6 is 11.8 Å². The normalized spacial score (nSPS) is 16.1. The summed E-state index contributed by atoms with van der Waals surface area (Å²) in [6, 6.07) is 7.79. The van der Waals surface area contributed by atoms with E-state index in [0.717, 1.165) is 17.7 Å². The minimum absolute atomic E-state index is 0.0612. The van der Waals surface area contributed by atoms with Crippen LogP contribution < -0.4 is 5.32 Å². The average molecular weight is 263 g/mol. The molecule has 3 nitrogen and oxygen atoms in total. The van der Waals surface area contributed by atoms with Crippen molar-refractivity contribution in [2.45, 2.75) is 42.9 Å². The maximum atomic E-state index is 11.8. The topological polar surface area (TPSA) is 46.2 Å². The third-order valence-electron chi connectivity index (χ3n) is 2.87. The van der Waals surface area contributed by atoms with Gasteiger partial charge in [0.15, 0.2) is 5.78 Å². The Kier molecular flexibility index (Phi) is 4.07. The van der Waals surface area contributed by atoms with E-state index in [0.29, 0.717) is 11.6 Å². The zero-order valence-corrected chi connectivity index (χ0v) is 11.4. The summed E-state index contributed by atoms with van der Waals surface area (Å²) >= 11 is 1.52. The molecular weight excluding hydrogens is 246 g/mol. The van der Waals surface area contributed by atoms with Crippen molar-refractivity contribution in [1.82, 2.24) is 5.32 Å². The van der Waals surface area contributed by atoms with Crippen molar-refractivity contribution >= 4 is 23.5 Å². The minimum atomic E-state index is -0.103. The summed E-state index contributed by atoms with van der Waals surface area (Å²) in [5.74, 6) is 0.157. The number of hydrogen-bond acceptors (Lipinski definition) is 3. The highest BCUT2D eigenvalue weighted by Crippen LogP contribution is 2.25. The molecule has 0 heterocycles. The second-order valence-electron chi connectivity index (χ2n) is 4.62. The molecule has 1 aliphatic rings. The average Bonchev–Trinajstić information content (AvgIpc) is 3.13. The van der Waals surface area contributed by atoms with Crippen molar-refractivity contribution in [2.75, 3.05) is 0 Å². The second kappa shape index (κ2) is 5.57. The fourth-order valence-electron chi connectivity index (χ4n) is 1.57. The molecule has 0 aromatic heterocycles. The van der Waals surface area contributed by atoms with Crippen LogP contribution in [0.1, 0.15) is 37.0 Å². The molecule has 0 radical (unpaired) electrons. The largest absolute Gasteiger partial charge is 0.352 e. The summed E-state index contributed by atoms with van der Waals surface area (Å²) in [5.41, 5.74) is 0.703. The summed E-state index contributed by atoms with van der Waals surface area (Å²) in [6.07, 6.45) is 2.22. The fourth-order valence-corrected chi connectivity index (χ4v) is 2.45. The first-order valence-electron chi connectivity index (χ1n) is 6.14. The van der Waals surface area contributed by atoms with Gasteiger partial charge in [-0.15, -0.1) is 11.8 Å². The molecule has 1 amide bonds. The Labute approximate surface area is 111 Å². The van der Waals surface area contributed by atoms with Gasteiger partial charge in [-0.05, 0) is 38.8 Å². The Hall–Kier alpha value is -1.29. The summed E-state index contributed by atoms with van der Waals surface area (Å²) < 4.78 is 0. The number of benzene rings is 1. The van der Waals surface area contributed by atoms with E-state index in [9.17, 15) is 9.59 Å². The van der Waals surface area contributed by atoms with Gasteiger partial charge in [0.25, 0.3) is 0 Å². The minimum Gasteiger partial charge on any atom is -0.352 e. The Bertz CT molecular complexity index is 451. The lowest BCUT2D eigenvalue weighted by atomic mass is 10.2. The maximum absolute atomic E-state index is 11.8. The number of rotatable bonds is 5. The third-order valence-corrected chi connectivity index (χ3v) is 3.98. The van der Waals surface area contributed by atoms with Crippen LogP contribution in [0.15, 0.2) is 29.2 Å². The monoisotopic (exact) mass is 263 g/mol. The molecule has 1 saturated carbocycles. The molecule has 1 aliphatic carbocycles. The number of carbonyl (C=O) groups excluding carboxylic acids is 2. The van der Waals surface area contributed by atoms with E-state index in [2.05, 4.69) is 5.32 Å². The van der Waals surface area contributed by atoms with Gasteiger partial charge in [-0.25, -0.2) is 0 Å². The number of nitrogens with one attached hydrogen (secondary N) is 1. The molecule has 0 aliphatic heterocycles. The number of carbonyl (C=O) groups is 2. The highest BCUT2D eigenvalue weighted by Gasteiger charge is 2.25. The first kappa shape index (κ1) is 13.1. The Morgan fingerprint density at radius 2 is 1.89 bits per heavy atom. The quantitative estimate of drug-likeness (QED) is 0.656. The van der Waals surface area contributed by atoms with E-state index in [-0.39, 0.29) is 16.9 Å². The van der Waals surface area contributed by atoms with E-state index in [1.165, 1.54) is 11.8 Å². The van der Waals surface area contributed by atoms with Gasteiger partial charge in [-0.3, -0.25) is 9.59 Å². The first-order valence-corrected chi connectivity index (χ1v) is 7.02. The maximum Gasteiger partial charge on any atom is 0.233 e. The molecular formula is C14H17NO2S. The molecule has 1 N–H and O–H groups in total. The van der Waals surface area contributed by atoms with Crippen molar-refractivity contribution in [3.05, 3.63) is 29.8 Å². The van der Waals surface area contributed by atoms with Gasteiger partial charge >= 0.3 is 0 Å². The fraction of sp³-hybridized carbons (Fsp3) is 0.429. The molecule has 4 heteroatoms. The smallest absolute Gasteiger partial charge is 0.233 e. The molecule has 1 fully saturated rings. The van der Waals surface area contributed by atoms with E-state index in [1.54, 1.807) is 19.1 Å². The van der Waals surface area contributed by atoms with Gasteiger partial charge in [0.1, 0.15) is 0 Å². The van der Waals surface area contributed by atoms with Gasteiger partial charge in [0, 0.05) is 16.5 Å². The molecule has 1 atom stereocenters. The molecule has 18 heavy (non-hydrogen) atoms. The number of thioether (sulfide) groups is 1. The van der Waals surface area contributed by atoms with E-state index >= 15 is 0 Å². The number of ketones is 1. The van der Waals surface area contributed by atoms with Crippen LogP contribution in [0.2, 0.25) is 0 Å². The summed E-state index contributed by atoms with van der Waals surface area (Å²) in [6.45, 7) is 3.45. The number of amides is 1. The molecule has 1 aromatic rings. The van der Waals surface area contributed by atoms with E-state index in [4.69, 9.17) is 0 Å². The van der Waals surface area contributed by atoms with Crippen LogP contribution in [-0.2, 0) is 4.79 Å². The van der Waals surface area contributed by atoms with Crippen LogP contribution in [0.5, 0.6) is 0 Å². The molecule has 0 saturated heterocycles. The highest BCUT2D eigenvalue weighted by molar-refractivity contribution is 8.00. The second-order valence-corrected chi connectivity index (χ2v) is 6.04. The van der Waals surface area contributed by atoms with Gasteiger partial charge in [0.2, 0.25) is 5.91 Å². The van der Waals surface area contributed by atoms with E-state index in [1.807, 2.05) is 19.1 Å². The Balaban J connectivity index is 1.91. The van der Waals surface area contributed by atoms with Crippen molar-refractivity contribution in [3.8, 4) is 0 Å². The lowest BCUT2D eigenvalue weighted by Gasteiger charge is -2.11. The zero-order valence-electron chi connectivity index (χ0n) is 10.6. The van der Waals surface area contributed by atoms with Crippen molar-refractivity contribution in [1.29, 1.82) is 0 Å². The van der Waals surface area contributed by atoms with Crippen molar-refractivity contribution in [2.24, 2.45) is 0 Å². The molecule has 0 bridgehead atoms.